The molecule has 0 fully saturated rings. The van der Waals surface area contributed by atoms with Crippen molar-refractivity contribution in [3.05, 3.63) is 98.5 Å². The quantitative estimate of drug-likeness (QED) is 0.451. The van der Waals surface area contributed by atoms with Gasteiger partial charge in [-0.3, -0.25) is 9.79 Å². The summed E-state index contributed by atoms with van der Waals surface area (Å²) in [6.07, 6.45) is 11.5. The maximum Gasteiger partial charge on any atom is 0.338 e. The van der Waals surface area contributed by atoms with E-state index in [0.717, 1.165) is 29.7 Å². The summed E-state index contributed by atoms with van der Waals surface area (Å²) in [6, 6.07) is 10.8. The lowest BCUT2D eigenvalue weighted by Crippen LogP contribution is -2.40. The number of nitrogens with one attached hydrogen (secondary N) is 1. The summed E-state index contributed by atoms with van der Waals surface area (Å²) in [5.41, 5.74) is 5.26. The molecule has 158 valence electrons. The van der Waals surface area contributed by atoms with Crippen LogP contribution in [0.25, 0.3) is 6.08 Å². The van der Waals surface area contributed by atoms with Crippen LogP contribution < -0.4 is 5.56 Å². The molecule has 1 aromatic carbocycles. The maximum atomic E-state index is 12.0. The molecule has 0 aliphatic heterocycles. The van der Waals surface area contributed by atoms with Gasteiger partial charge in [-0.25, -0.2) is 4.79 Å². The summed E-state index contributed by atoms with van der Waals surface area (Å²) >= 11 is 0. The maximum absolute atomic E-state index is 12.0. The van der Waals surface area contributed by atoms with Gasteiger partial charge in [0, 0.05) is 35.9 Å². The summed E-state index contributed by atoms with van der Waals surface area (Å²) in [5, 5.41) is 0. The van der Waals surface area contributed by atoms with Crippen LogP contribution in [0.5, 0.6) is 0 Å². The van der Waals surface area contributed by atoms with Crippen LogP contribution in [0.1, 0.15) is 47.4 Å². The molecule has 1 N–H and O–H groups in total. The lowest BCUT2D eigenvalue weighted by atomic mass is 9.63. The number of rotatable bonds is 4. The van der Waals surface area contributed by atoms with Gasteiger partial charge >= 0.3 is 5.97 Å². The lowest BCUT2D eigenvalue weighted by molar-refractivity contribution is 0.0600. The van der Waals surface area contributed by atoms with E-state index in [1.165, 1.54) is 18.3 Å². The predicted octanol–water partition coefficient (Wildman–Crippen LogP) is 4.61. The number of methoxy groups -OCH3 is 1. The Balaban J connectivity index is 1.75. The highest BCUT2D eigenvalue weighted by Crippen LogP contribution is 2.51. The average molecular weight is 415 g/mol. The Morgan fingerprint density at radius 3 is 2.84 bits per heavy atom. The number of benzene rings is 1. The third-order valence-electron chi connectivity index (χ3n) is 6.10. The van der Waals surface area contributed by atoms with Crippen molar-refractivity contribution >= 4 is 18.3 Å². The number of H-pyrrole nitrogens is 1. The third kappa shape index (κ3) is 3.72. The zero-order chi connectivity index (χ0) is 22.0. The van der Waals surface area contributed by atoms with Gasteiger partial charge in [-0.1, -0.05) is 42.0 Å². The molecule has 0 spiro atoms. The van der Waals surface area contributed by atoms with Crippen LogP contribution in [0.3, 0.4) is 0 Å². The van der Waals surface area contributed by atoms with Crippen LogP contribution in [0.15, 0.2) is 75.6 Å². The Labute approximate surface area is 181 Å². The van der Waals surface area contributed by atoms with E-state index in [1.807, 2.05) is 36.4 Å². The Morgan fingerprint density at radius 1 is 1.26 bits per heavy atom. The Hall–Kier alpha value is -3.47. The summed E-state index contributed by atoms with van der Waals surface area (Å²) in [6.45, 7) is 4.20. The highest BCUT2D eigenvalue weighted by molar-refractivity contribution is 5.94. The van der Waals surface area contributed by atoms with E-state index in [0.29, 0.717) is 5.56 Å². The zero-order valence-electron chi connectivity index (χ0n) is 18.0. The fourth-order valence-corrected chi connectivity index (χ4v) is 4.91. The molecule has 0 saturated carbocycles. The number of aromatic amines is 1. The van der Waals surface area contributed by atoms with Crippen molar-refractivity contribution in [2.75, 3.05) is 7.11 Å². The number of esters is 1. The van der Waals surface area contributed by atoms with Crippen molar-refractivity contribution in [1.29, 1.82) is 0 Å². The minimum Gasteiger partial charge on any atom is -0.465 e. The molecule has 5 nitrogen and oxygen atoms in total. The third-order valence-corrected chi connectivity index (χ3v) is 6.10. The number of fused-ring (bicyclic) bond motifs is 4. The largest absolute Gasteiger partial charge is 0.465 e. The molecule has 2 atom stereocenters. The molecule has 0 saturated heterocycles. The van der Waals surface area contributed by atoms with Gasteiger partial charge in [0.15, 0.2) is 0 Å². The standard InChI is InChI=1S/C26H26N2O3/c1-4-21-19-14-17(2)16-26(21,22-11-12-24(29)28-23(22)15-19)27-13-7-9-18-8-5-6-10-20(18)25(30)31-3/h4-14,19H,15-16H2,1-3H3,(H,28,29)/b9-7+,21-4?,27-13?. The first kappa shape index (κ1) is 20.8. The van der Waals surface area contributed by atoms with E-state index in [-0.39, 0.29) is 17.4 Å². The number of ether oxygens (including phenoxy) is 1. The van der Waals surface area contributed by atoms with Crippen molar-refractivity contribution < 1.29 is 9.53 Å². The Bertz CT molecular complexity index is 1200. The number of carbonyl (C=O) groups excluding carboxylic acids is 1. The molecule has 2 bridgehead atoms. The topological polar surface area (TPSA) is 71.5 Å². The number of hydrogen-bond acceptors (Lipinski definition) is 4. The molecule has 1 aromatic heterocycles. The van der Waals surface area contributed by atoms with Gasteiger partial charge in [0.25, 0.3) is 0 Å². The van der Waals surface area contributed by atoms with E-state index in [9.17, 15) is 9.59 Å². The number of aromatic nitrogens is 1. The molecule has 5 heteroatoms. The van der Waals surface area contributed by atoms with E-state index in [2.05, 4.69) is 31.0 Å². The fourth-order valence-electron chi connectivity index (χ4n) is 4.91. The van der Waals surface area contributed by atoms with Crippen molar-refractivity contribution in [2.24, 2.45) is 10.9 Å². The second-order valence-electron chi connectivity index (χ2n) is 8.04. The molecule has 0 radical (unpaired) electrons. The molecule has 2 aliphatic rings. The molecule has 0 amide bonds. The number of nitrogens with zero attached hydrogens (tertiary/aromatic N) is 1. The molecule has 2 unspecified atom stereocenters. The number of carbonyl (C=O) groups is 1. The number of aliphatic imine (C=N–C) groups is 1. The number of allylic oxidation sites excluding steroid dienone is 3. The zero-order valence-corrected chi connectivity index (χ0v) is 18.0. The van der Waals surface area contributed by atoms with Gasteiger partial charge in [0.1, 0.15) is 5.54 Å². The normalized spacial score (nSPS) is 23.8. The van der Waals surface area contributed by atoms with Gasteiger partial charge in [0.2, 0.25) is 5.56 Å². The molecular weight excluding hydrogens is 388 g/mol. The van der Waals surface area contributed by atoms with Crippen LogP contribution in [-0.4, -0.2) is 24.3 Å². The van der Waals surface area contributed by atoms with Crippen molar-refractivity contribution in [3.8, 4) is 0 Å². The highest BCUT2D eigenvalue weighted by atomic mass is 16.5. The minimum absolute atomic E-state index is 0.0834. The van der Waals surface area contributed by atoms with Crippen molar-refractivity contribution in [1.82, 2.24) is 4.98 Å². The lowest BCUT2D eigenvalue weighted by Gasteiger charge is -2.45. The van der Waals surface area contributed by atoms with Crippen LogP contribution in [-0.2, 0) is 16.7 Å². The second kappa shape index (κ2) is 8.34. The highest BCUT2D eigenvalue weighted by Gasteiger charge is 2.46. The second-order valence-corrected chi connectivity index (χ2v) is 8.04. The van der Waals surface area contributed by atoms with Crippen LogP contribution >= 0.6 is 0 Å². The summed E-state index contributed by atoms with van der Waals surface area (Å²) in [4.78, 5) is 32.0. The van der Waals surface area contributed by atoms with Gasteiger partial charge in [-0.15, -0.1) is 0 Å². The molecule has 1 heterocycles. The van der Waals surface area contributed by atoms with E-state index in [1.54, 1.807) is 18.3 Å². The monoisotopic (exact) mass is 414 g/mol. The van der Waals surface area contributed by atoms with Crippen LogP contribution in [0.4, 0.5) is 0 Å². The van der Waals surface area contributed by atoms with E-state index in [4.69, 9.17) is 9.73 Å². The first-order valence-electron chi connectivity index (χ1n) is 10.4. The molecule has 2 aliphatic carbocycles. The molecule has 31 heavy (non-hydrogen) atoms. The smallest absolute Gasteiger partial charge is 0.338 e. The van der Waals surface area contributed by atoms with Gasteiger partial charge in [-0.2, -0.15) is 0 Å². The average Bonchev–Trinajstić information content (AvgIpc) is 2.75. The summed E-state index contributed by atoms with van der Waals surface area (Å²) in [7, 11) is 1.38. The van der Waals surface area contributed by atoms with E-state index < -0.39 is 5.54 Å². The first-order chi connectivity index (χ1) is 15.0. The predicted molar refractivity (Wildman–Crippen MR) is 123 cm³/mol. The van der Waals surface area contributed by atoms with E-state index >= 15 is 0 Å². The Kier molecular flexibility index (Phi) is 5.59. The molecule has 2 aromatic rings. The van der Waals surface area contributed by atoms with Crippen molar-refractivity contribution in [3.63, 3.8) is 0 Å². The van der Waals surface area contributed by atoms with Crippen LogP contribution in [0, 0.1) is 5.92 Å². The minimum atomic E-state index is -0.526. The summed E-state index contributed by atoms with van der Waals surface area (Å²) in [5.74, 6) is -0.140. The van der Waals surface area contributed by atoms with Gasteiger partial charge < -0.3 is 9.72 Å². The van der Waals surface area contributed by atoms with Crippen LogP contribution in [0.2, 0.25) is 0 Å². The molecule has 4 rings (SSSR count). The summed E-state index contributed by atoms with van der Waals surface area (Å²) < 4.78 is 4.87. The molecular formula is C26H26N2O3. The van der Waals surface area contributed by atoms with Gasteiger partial charge in [-0.05, 0) is 49.6 Å². The van der Waals surface area contributed by atoms with Gasteiger partial charge in [0.05, 0.1) is 12.7 Å². The number of hydrogen-bond donors (Lipinski definition) is 1. The first-order valence-corrected chi connectivity index (χ1v) is 10.4. The SMILES string of the molecule is CC=C1C2C=C(C)CC1(N=C/C=C/c1ccccc1C(=O)OC)c1ccc(=O)[nH]c1C2. The fraction of sp³-hybridized carbons (Fsp3) is 0.269. The van der Waals surface area contributed by atoms with Crippen molar-refractivity contribution in [2.45, 2.75) is 32.2 Å². The number of pyridine rings is 1. The Morgan fingerprint density at radius 2 is 2.06 bits per heavy atom.